The molecule has 0 unspecified atom stereocenters. The topological polar surface area (TPSA) is 73.7 Å². The van der Waals surface area contributed by atoms with Gasteiger partial charge >= 0.3 is 5.56 Å². The van der Waals surface area contributed by atoms with Crippen LogP contribution < -0.4 is 10.3 Å². The van der Waals surface area contributed by atoms with Crippen LogP contribution in [0.2, 0.25) is 0 Å². The Morgan fingerprint density at radius 2 is 1.80 bits per heavy atom. The number of ketones is 1. The minimum absolute atomic E-state index is 0.119. The number of fused-ring (bicyclic) bond motifs is 1. The van der Waals surface area contributed by atoms with Crippen molar-refractivity contribution in [3.63, 3.8) is 0 Å². The number of rotatable bonds is 7. The van der Waals surface area contributed by atoms with Gasteiger partial charge in [0.25, 0.3) is 5.88 Å². The summed E-state index contributed by atoms with van der Waals surface area (Å²) in [5, 5.41) is 0. The minimum atomic E-state index is -0.424. The van der Waals surface area contributed by atoms with Gasteiger partial charge in [-0.25, -0.2) is 9.37 Å². The van der Waals surface area contributed by atoms with E-state index in [9.17, 15) is 14.0 Å². The van der Waals surface area contributed by atoms with Gasteiger partial charge in [-0.3, -0.25) is 14.5 Å². The summed E-state index contributed by atoms with van der Waals surface area (Å²) < 4.78 is 25.6. The Kier molecular flexibility index (Phi) is 6.15. The number of aromatic nitrogens is 2. The Bertz CT molecular complexity index is 1090. The molecule has 0 spiro atoms. The Balaban J connectivity index is 1.55. The fraction of sp³-hybridized carbons (Fsp3) is 0.318. The van der Waals surface area contributed by atoms with Crippen LogP contribution in [0.4, 0.5) is 4.39 Å². The highest BCUT2D eigenvalue weighted by atomic mass is 19.1. The highest BCUT2D eigenvalue weighted by Gasteiger charge is 2.16. The van der Waals surface area contributed by atoms with Gasteiger partial charge in [-0.1, -0.05) is 12.1 Å². The third-order valence-electron chi connectivity index (χ3n) is 5.07. The molecule has 1 aliphatic heterocycles. The molecule has 1 saturated heterocycles. The van der Waals surface area contributed by atoms with Crippen LogP contribution in [0.1, 0.15) is 10.4 Å². The van der Waals surface area contributed by atoms with Crippen molar-refractivity contribution in [1.29, 1.82) is 0 Å². The Hall–Kier alpha value is -3.10. The van der Waals surface area contributed by atoms with Crippen LogP contribution in [0.5, 0.6) is 5.88 Å². The highest BCUT2D eigenvalue weighted by Crippen LogP contribution is 2.14. The molecule has 0 saturated carbocycles. The average Bonchev–Trinajstić information content (AvgIpc) is 2.78. The zero-order valence-corrected chi connectivity index (χ0v) is 16.4. The lowest BCUT2D eigenvalue weighted by atomic mass is 10.1. The molecule has 30 heavy (non-hydrogen) atoms. The number of nitrogens with zero attached hydrogens (tertiary/aromatic N) is 3. The van der Waals surface area contributed by atoms with Crippen LogP contribution >= 0.6 is 0 Å². The Morgan fingerprint density at radius 3 is 2.57 bits per heavy atom. The second kappa shape index (κ2) is 9.15. The van der Waals surface area contributed by atoms with Crippen LogP contribution in [0, 0.1) is 5.82 Å². The first-order valence-electron chi connectivity index (χ1n) is 9.83. The van der Waals surface area contributed by atoms with Gasteiger partial charge in [0.15, 0.2) is 12.4 Å². The van der Waals surface area contributed by atoms with Crippen molar-refractivity contribution in [2.24, 2.45) is 0 Å². The molecule has 1 fully saturated rings. The maximum absolute atomic E-state index is 13.0. The lowest BCUT2D eigenvalue weighted by molar-refractivity contribution is 0.0364. The van der Waals surface area contributed by atoms with Crippen molar-refractivity contribution < 1.29 is 18.7 Å². The summed E-state index contributed by atoms with van der Waals surface area (Å²) in [7, 11) is 0. The second-order valence-corrected chi connectivity index (χ2v) is 7.04. The summed E-state index contributed by atoms with van der Waals surface area (Å²) in [6.07, 6.45) is 0. The number of carbonyl (C=O) groups excluding carboxylic acids is 1. The number of ether oxygens (including phenoxy) is 2. The van der Waals surface area contributed by atoms with Crippen molar-refractivity contribution in [3.8, 4) is 5.88 Å². The fourth-order valence-corrected chi connectivity index (χ4v) is 3.40. The van der Waals surface area contributed by atoms with Crippen LogP contribution in [0.25, 0.3) is 11.0 Å². The largest absolute Gasteiger partial charge is 0.465 e. The van der Waals surface area contributed by atoms with Crippen molar-refractivity contribution in [2.45, 2.75) is 6.54 Å². The third kappa shape index (κ3) is 4.55. The molecule has 8 heteroatoms. The van der Waals surface area contributed by atoms with Gasteiger partial charge in [-0.2, -0.15) is 0 Å². The van der Waals surface area contributed by atoms with E-state index in [0.717, 1.165) is 13.1 Å². The third-order valence-corrected chi connectivity index (χ3v) is 5.07. The molecule has 4 rings (SSSR count). The molecule has 7 nitrogen and oxygen atoms in total. The van der Waals surface area contributed by atoms with Crippen molar-refractivity contribution in [1.82, 2.24) is 14.5 Å². The Labute approximate surface area is 172 Å². The molecule has 1 aliphatic rings. The predicted octanol–water partition coefficient (Wildman–Crippen LogP) is 2.13. The summed E-state index contributed by atoms with van der Waals surface area (Å²) >= 11 is 0. The quantitative estimate of drug-likeness (QED) is 0.555. The van der Waals surface area contributed by atoms with E-state index in [1.54, 1.807) is 10.6 Å². The van der Waals surface area contributed by atoms with Gasteiger partial charge in [0.05, 0.1) is 24.2 Å². The molecule has 3 aromatic rings. The predicted molar refractivity (Wildman–Crippen MR) is 109 cm³/mol. The van der Waals surface area contributed by atoms with E-state index in [2.05, 4.69) is 9.88 Å². The first kappa shape index (κ1) is 20.2. The molecular formula is C22H22FN3O4. The molecule has 2 aromatic carbocycles. The molecule has 0 N–H and O–H groups in total. The van der Waals surface area contributed by atoms with E-state index < -0.39 is 5.82 Å². The summed E-state index contributed by atoms with van der Waals surface area (Å²) in [6, 6.07) is 12.5. The monoisotopic (exact) mass is 411 g/mol. The molecular weight excluding hydrogens is 389 g/mol. The maximum atomic E-state index is 13.0. The number of halogens is 1. The Morgan fingerprint density at radius 1 is 1.07 bits per heavy atom. The standard InChI is InChI=1S/C22H22FN3O4/c23-17-7-5-16(6-8-17)20(27)15-30-21-22(28)26(10-9-25-11-13-29-14-12-25)19-4-2-1-3-18(19)24-21/h1-8H,9-15H2. The fourth-order valence-electron chi connectivity index (χ4n) is 3.40. The van der Waals surface area contributed by atoms with Crippen molar-refractivity contribution in [2.75, 3.05) is 39.5 Å². The summed E-state index contributed by atoms with van der Waals surface area (Å²) in [5.74, 6) is -0.901. The molecule has 2 heterocycles. The van der Waals surface area contributed by atoms with Gasteiger partial charge in [-0.05, 0) is 36.4 Å². The SMILES string of the molecule is O=C(COc1nc2ccccc2n(CCN2CCOCC2)c1=O)c1ccc(F)cc1. The number of hydrogen-bond acceptors (Lipinski definition) is 6. The zero-order chi connectivity index (χ0) is 20.9. The van der Waals surface area contributed by atoms with Crippen LogP contribution in [-0.2, 0) is 11.3 Å². The molecule has 0 bridgehead atoms. The minimum Gasteiger partial charge on any atom is -0.465 e. The smallest absolute Gasteiger partial charge is 0.313 e. The van der Waals surface area contributed by atoms with E-state index in [-0.39, 0.29) is 23.8 Å². The molecule has 0 radical (unpaired) electrons. The van der Waals surface area contributed by atoms with Gasteiger partial charge in [-0.15, -0.1) is 0 Å². The summed E-state index contributed by atoms with van der Waals surface area (Å²) in [5.41, 5.74) is 1.26. The van der Waals surface area contributed by atoms with Crippen LogP contribution in [0.15, 0.2) is 53.3 Å². The number of para-hydroxylation sites is 2. The first-order valence-corrected chi connectivity index (χ1v) is 9.83. The van der Waals surface area contributed by atoms with Crippen LogP contribution in [0.3, 0.4) is 0 Å². The van der Waals surface area contributed by atoms with E-state index in [0.29, 0.717) is 42.9 Å². The van der Waals surface area contributed by atoms with Gasteiger partial charge in [0.1, 0.15) is 5.82 Å². The van der Waals surface area contributed by atoms with Crippen molar-refractivity contribution >= 4 is 16.8 Å². The van der Waals surface area contributed by atoms with E-state index in [4.69, 9.17) is 9.47 Å². The molecule has 0 atom stereocenters. The average molecular weight is 411 g/mol. The first-order chi connectivity index (χ1) is 14.6. The lowest BCUT2D eigenvalue weighted by Crippen LogP contribution is -2.39. The second-order valence-electron chi connectivity index (χ2n) is 7.04. The molecule has 156 valence electrons. The van der Waals surface area contributed by atoms with E-state index >= 15 is 0 Å². The number of hydrogen-bond donors (Lipinski definition) is 0. The van der Waals surface area contributed by atoms with Gasteiger partial charge in [0, 0.05) is 31.7 Å². The summed E-state index contributed by atoms with van der Waals surface area (Å²) in [4.78, 5) is 31.9. The van der Waals surface area contributed by atoms with E-state index in [1.165, 1.54) is 24.3 Å². The molecule has 0 amide bonds. The van der Waals surface area contributed by atoms with E-state index in [1.807, 2.05) is 18.2 Å². The highest BCUT2D eigenvalue weighted by molar-refractivity contribution is 5.97. The maximum Gasteiger partial charge on any atom is 0.313 e. The number of benzene rings is 2. The number of morpholine rings is 1. The molecule has 1 aromatic heterocycles. The molecule has 0 aliphatic carbocycles. The normalized spacial score (nSPS) is 14.7. The summed E-state index contributed by atoms with van der Waals surface area (Å²) in [6.45, 7) is 3.85. The van der Waals surface area contributed by atoms with Gasteiger partial charge in [0.2, 0.25) is 0 Å². The zero-order valence-electron chi connectivity index (χ0n) is 16.4. The van der Waals surface area contributed by atoms with Gasteiger partial charge < -0.3 is 14.0 Å². The number of Topliss-reactive ketones (excluding diaryl/α,β-unsaturated/α-hetero) is 1. The lowest BCUT2D eigenvalue weighted by Gasteiger charge is -2.27. The van der Waals surface area contributed by atoms with Crippen LogP contribution in [-0.4, -0.2) is 59.7 Å². The van der Waals surface area contributed by atoms with Crippen molar-refractivity contribution in [3.05, 3.63) is 70.3 Å². The number of carbonyl (C=O) groups is 1.